The van der Waals surface area contributed by atoms with Crippen molar-refractivity contribution in [2.45, 2.75) is 64.8 Å². The molecule has 1 aromatic carbocycles. The molecular weight excluding hydrogens is 487 g/mol. The number of rotatable bonds is 7. The molecule has 2 aromatic heterocycles. The van der Waals surface area contributed by atoms with E-state index in [0.29, 0.717) is 29.4 Å². The summed E-state index contributed by atoms with van der Waals surface area (Å²) in [6.07, 6.45) is 8.17. The van der Waals surface area contributed by atoms with Crippen molar-refractivity contribution in [3.8, 4) is 0 Å². The summed E-state index contributed by atoms with van der Waals surface area (Å²) >= 11 is 0. The van der Waals surface area contributed by atoms with Crippen LogP contribution >= 0.6 is 0 Å². The maximum absolute atomic E-state index is 14.7. The van der Waals surface area contributed by atoms with E-state index in [1.165, 1.54) is 11.5 Å². The lowest BCUT2D eigenvalue weighted by Crippen LogP contribution is -2.35. The van der Waals surface area contributed by atoms with Gasteiger partial charge in [0.15, 0.2) is 5.82 Å². The number of pyridine rings is 1. The zero-order valence-electron chi connectivity index (χ0n) is 22.0. The molecule has 3 aromatic rings. The van der Waals surface area contributed by atoms with Gasteiger partial charge in [-0.1, -0.05) is 12.8 Å². The van der Waals surface area contributed by atoms with Gasteiger partial charge in [0.2, 0.25) is 11.9 Å². The van der Waals surface area contributed by atoms with Crippen LogP contribution in [0, 0.1) is 18.7 Å². The van der Waals surface area contributed by atoms with Crippen LogP contribution in [-0.4, -0.2) is 50.3 Å². The molecule has 1 amide bonds. The van der Waals surface area contributed by atoms with Gasteiger partial charge in [0, 0.05) is 61.1 Å². The van der Waals surface area contributed by atoms with Gasteiger partial charge < -0.3 is 10.2 Å². The molecule has 3 heterocycles. The van der Waals surface area contributed by atoms with Gasteiger partial charge in [0.05, 0.1) is 0 Å². The maximum atomic E-state index is 14.7. The lowest BCUT2D eigenvalue weighted by atomic mass is 9.93. The Labute approximate surface area is 221 Å². The van der Waals surface area contributed by atoms with Crippen LogP contribution in [0.15, 0.2) is 35.3 Å². The molecule has 0 unspecified atom stereocenters. The van der Waals surface area contributed by atoms with Crippen molar-refractivity contribution in [1.29, 1.82) is 0 Å². The molecule has 2 aliphatic rings. The van der Waals surface area contributed by atoms with Crippen LogP contribution < -0.4 is 15.8 Å². The highest BCUT2D eigenvalue weighted by Crippen LogP contribution is 2.32. The Morgan fingerprint density at radius 2 is 1.84 bits per heavy atom. The van der Waals surface area contributed by atoms with Crippen molar-refractivity contribution in [2.24, 2.45) is 5.92 Å². The van der Waals surface area contributed by atoms with E-state index in [0.717, 1.165) is 74.5 Å². The lowest BCUT2D eigenvalue weighted by molar-refractivity contribution is -0.163. The predicted octanol–water partition coefficient (Wildman–Crippen LogP) is 4.94. The number of amides is 1. The van der Waals surface area contributed by atoms with Crippen molar-refractivity contribution in [1.82, 2.24) is 19.6 Å². The molecule has 9 nitrogen and oxygen atoms in total. The van der Waals surface area contributed by atoms with Gasteiger partial charge in [-0.3, -0.25) is 19.4 Å². The molecule has 0 atom stereocenters. The number of hydroxylamine groups is 2. The molecule has 38 heavy (non-hydrogen) atoms. The molecule has 1 aliphatic carbocycles. The second-order valence-corrected chi connectivity index (χ2v) is 10.5. The monoisotopic (exact) mass is 522 g/mol. The minimum Gasteiger partial charge on any atom is -0.372 e. The van der Waals surface area contributed by atoms with Crippen molar-refractivity contribution < 1.29 is 14.4 Å². The Kier molecular flexibility index (Phi) is 7.60. The highest BCUT2D eigenvalue weighted by molar-refractivity contribution is 5.80. The van der Waals surface area contributed by atoms with E-state index in [4.69, 9.17) is 0 Å². The third-order valence-electron chi connectivity index (χ3n) is 8.04. The van der Waals surface area contributed by atoms with Crippen LogP contribution in [0.3, 0.4) is 0 Å². The number of fused-ring (bicyclic) bond motifs is 1. The topological polar surface area (TPSA) is 104 Å². The van der Waals surface area contributed by atoms with Crippen LogP contribution in [0.2, 0.25) is 0 Å². The van der Waals surface area contributed by atoms with E-state index in [-0.39, 0.29) is 17.5 Å². The quantitative estimate of drug-likeness (QED) is 0.335. The minimum atomic E-state index is -0.722. The fourth-order valence-corrected chi connectivity index (χ4v) is 5.69. The van der Waals surface area contributed by atoms with Gasteiger partial charge in [0.25, 0.3) is 5.56 Å². The highest BCUT2D eigenvalue weighted by Gasteiger charge is 2.25. The number of hydrogen-bond acceptors (Lipinski definition) is 7. The number of carbonyl (C=O) groups excluding carboxylic acids is 1. The average Bonchev–Trinajstić information content (AvgIpc) is 3.46. The summed E-state index contributed by atoms with van der Waals surface area (Å²) in [5, 5.41) is 14.2. The van der Waals surface area contributed by atoms with E-state index in [9.17, 15) is 19.2 Å². The van der Waals surface area contributed by atoms with Gasteiger partial charge in [-0.15, -0.1) is 0 Å². The summed E-state index contributed by atoms with van der Waals surface area (Å²) in [6, 6.07) is 8.03. The molecule has 1 aliphatic heterocycles. The first-order valence-electron chi connectivity index (χ1n) is 13.5. The first kappa shape index (κ1) is 26.1. The van der Waals surface area contributed by atoms with E-state index < -0.39 is 11.4 Å². The van der Waals surface area contributed by atoms with Crippen molar-refractivity contribution in [3.05, 3.63) is 52.2 Å². The molecule has 1 saturated heterocycles. The maximum Gasteiger partial charge on any atom is 0.288 e. The Morgan fingerprint density at radius 3 is 2.50 bits per heavy atom. The first-order valence-corrected chi connectivity index (χ1v) is 13.5. The largest absolute Gasteiger partial charge is 0.372 e. The second-order valence-electron chi connectivity index (χ2n) is 10.5. The van der Waals surface area contributed by atoms with Gasteiger partial charge in [0.1, 0.15) is 5.65 Å². The number of aryl methyl sites for hydroxylation is 1. The van der Waals surface area contributed by atoms with E-state index in [1.54, 1.807) is 13.1 Å². The lowest BCUT2D eigenvalue weighted by Gasteiger charge is -2.34. The van der Waals surface area contributed by atoms with Crippen LogP contribution in [0.25, 0.3) is 11.0 Å². The number of piperidine rings is 1. The summed E-state index contributed by atoms with van der Waals surface area (Å²) in [5.41, 5.74) is 2.11. The fraction of sp³-hybridized carbons (Fsp3) is 0.500. The number of nitrogens with one attached hydrogen (secondary N) is 1. The fourth-order valence-electron chi connectivity index (χ4n) is 5.69. The summed E-state index contributed by atoms with van der Waals surface area (Å²) < 4.78 is 16.2. The minimum absolute atomic E-state index is 0.0389. The summed E-state index contributed by atoms with van der Waals surface area (Å²) in [4.78, 5) is 35.4. The first-order chi connectivity index (χ1) is 18.3. The van der Waals surface area contributed by atoms with Gasteiger partial charge in [-0.05, 0) is 69.2 Å². The van der Waals surface area contributed by atoms with Crippen LogP contribution in [-0.2, 0) is 4.79 Å². The molecular formula is C28H35FN6O3. The van der Waals surface area contributed by atoms with E-state index in [2.05, 4.69) is 32.3 Å². The van der Waals surface area contributed by atoms with Crippen molar-refractivity contribution in [3.63, 3.8) is 0 Å². The number of anilines is 3. The van der Waals surface area contributed by atoms with Crippen molar-refractivity contribution in [2.75, 3.05) is 29.9 Å². The molecule has 0 spiro atoms. The van der Waals surface area contributed by atoms with Crippen LogP contribution in [0.4, 0.5) is 21.7 Å². The normalized spacial score (nSPS) is 16.8. The summed E-state index contributed by atoms with van der Waals surface area (Å²) in [5.74, 6) is -0.186. The van der Waals surface area contributed by atoms with Crippen LogP contribution in [0.1, 0.15) is 63.5 Å². The standard InChI is InChI=1S/C28H35FN6O3/c1-18-24-17-30-28(32-26(24)35(27(37)25(18)29)23-5-3-4-6-23)31-21-7-9-22(10-8-21)33-14-11-20(12-15-33)13-16-34(38)19(2)36/h7-10,17,20,23,38H,3-6,11-16H2,1-2H3,(H,30,31,32). The Morgan fingerprint density at radius 1 is 1.16 bits per heavy atom. The smallest absolute Gasteiger partial charge is 0.288 e. The molecule has 0 radical (unpaired) electrons. The highest BCUT2D eigenvalue weighted by atomic mass is 19.1. The number of aromatic nitrogens is 3. The molecule has 10 heteroatoms. The molecule has 202 valence electrons. The Balaban J connectivity index is 1.27. The summed E-state index contributed by atoms with van der Waals surface area (Å²) in [6.45, 7) is 5.19. The van der Waals surface area contributed by atoms with Gasteiger partial charge in [-0.25, -0.2) is 14.4 Å². The van der Waals surface area contributed by atoms with Crippen molar-refractivity contribution >= 4 is 34.3 Å². The zero-order chi connectivity index (χ0) is 26.8. The third-order valence-corrected chi connectivity index (χ3v) is 8.04. The number of nitrogens with zero attached hydrogens (tertiary/aromatic N) is 5. The van der Waals surface area contributed by atoms with E-state index >= 15 is 0 Å². The van der Waals surface area contributed by atoms with E-state index in [1.807, 2.05) is 12.1 Å². The third kappa shape index (κ3) is 5.36. The molecule has 2 fully saturated rings. The second kappa shape index (κ2) is 11.1. The molecule has 2 N–H and O–H groups in total. The van der Waals surface area contributed by atoms with Gasteiger partial charge in [-0.2, -0.15) is 4.98 Å². The van der Waals surface area contributed by atoms with Crippen LogP contribution in [0.5, 0.6) is 0 Å². The number of halogens is 1. The van der Waals surface area contributed by atoms with Gasteiger partial charge >= 0.3 is 0 Å². The zero-order valence-corrected chi connectivity index (χ0v) is 22.0. The number of hydrogen-bond donors (Lipinski definition) is 2. The average molecular weight is 523 g/mol. The number of carbonyl (C=O) groups is 1. The SMILES string of the molecule is CC(=O)N(O)CCC1CCN(c2ccc(Nc3ncc4c(C)c(F)c(=O)n(C5CCCC5)c4n3)cc2)CC1. The summed E-state index contributed by atoms with van der Waals surface area (Å²) in [7, 11) is 0. The number of benzene rings is 1. The predicted molar refractivity (Wildman–Crippen MR) is 144 cm³/mol. The Bertz CT molecular complexity index is 1360. The molecule has 1 saturated carbocycles. The Hall–Kier alpha value is -3.53. The molecule has 5 rings (SSSR count). The molecule has 0 bridgehead atoms.